The Morgan fingerprint density at radius 3 is 1.64 bits per heavy atom. The number of pyridine rings is 4. The molecule has 0 saturated carbocycles. The van der Waals surface area contributed by atoms with Crippen LogP contribution in [0.2, 0.25) is 0 Å². The van der Waals surface area contributed by atoms with Crippen molar-refractivity contribution in [1.82, 2.24) is 59.2 Å². The van der Waals surface area contributed by atoms with Crippen molar-refractivity contribution in [3.05, 3.63) is 141 Å². The predicted octanol–water partition coefficient (Wildman–Crippen LogP) is 5.99. The van der Waals surface area contributed by atoms with Gasteiger partial charge < -0.3 is 38.6 Å². The molecule has 8 aromatic heterocycles. The molecule has 0 bridgehead atoms. The van der Waals surface area contributed by atoms with Crippen molar-refractivity contribution in [3.8, 4) is 33.8 Å². The minimum absolute atomic E-state index is 0.154. The Bertz CT molecular complexity index is 3910. The van der Waals surface area contributed by atoms with Crippen LogP contribution in [0, 0.1) is 27.7 Å². The van der Waals surface area contributed by atoms with E-state index in [0.29, 0.717) is 89.7 Å². The summed E-state index contributed by atoms with van der Waals surface area (Å²) in [5.74, 6) is 1.55. The van der Waals surface area contributed by atoms with Crippen molar-refractivity contribution >= 4 is 55.7 Å². The van der Waals surface area contributed by atoms with Gasteiger partial charge in [0.1, 0.15) is 36.1 Å². The first-order valence-electron chi connectivity index (χ1n) is 24.9. The second kappa shape index (κ2) is 22.1. The van der Waals surface area contributed by atoms with Crippen molar-refractivity contribution in [3.63, 3.8) is 0 Å². The van der Waals surface area contributed by atoms with E-state index < -0.39 is 29.2 Å². The minimum Gasteiger partial charge on any atom is -0.496 e. The molecule has 2 N–H and O–H groups in total. The number of fused-ring (bicyclic) bond motifs is 6. The lowest BCUT2D eigenvalue weighted by Gasteiger charge is -2.15. The lowest BCUT2D eigenvalue weighted by molar-refractivity contribution is -0.122. The predicted molar refractivity (Wildman–Crippen MR) is 285 cm³/mol. The number of ether oxygens (including phenoxy) is 4. The molecule has 0 aliphatic heterocycles. The Morgan fingerprint density at radius 1 is 0.623 bits per heavy atom. The van der Waals surface area contributed by atoms with Gasteiger partial charge in [-0.05, 0) is 83.1 Å². The van der Waals surface area contributed by atoms with E-state index in [2.05, 4.69) is 30.9 Å². The molecule has 10 aromatic rings. The molecule has 0 saturated heterocycles. The van der Waals surface area contributed by atoms with E-state index in [4.69, 9.17) is 38.0 Å². The Labute approximate surface area is 439 Å². The first-order valence-corrected chi connectivity index (χ1v) is 24.9. The van der Waals surface area contributed by atoms with Crippen LogP contribution >= 0.6 is 0 Å². The fraction of sp³-hybridized carbons (Fsp3) is 0.309. The van der Waals surface area contributed by atoms with Gasteiger partial charge in [-0.1, -0.05) is 22.4 Å². The zero-order chi connectivity index (χ0) is 53.9. The Morgan fingerprint density at radius 2 is 1.14 bits per heavy atom. The monoisotopic (exact) mass is 1040 g/mol. The van der Waals surface area contributed by atoms with E-state index in [0.717, 1.165) is 22.3 Å². The molecule has 0 fully saturated rings. The molecule has 8 heterocycles. The average Bonchev–Trinajstić information content (AvgIpc) is 4.36. The normalized spacial score (nSPS) is 12.0. The summed E-state index contributed by atoms with van der Waals surface area (Å²) in [7, 11) is 3.15. The van der Waals surface area contributed by atoms with Crippen LogP contribution in [0.5, 0.6) is 11.5 Å². The molecule has 1 unspecified atom stereocenters. The fourth-order valence-corrected chi connectivity index (χ4v) is 9.92. The molecule has 10 rings (SSSR count). The Balaban J connectivity index is 0.745. The van der Waals surface area contributed by atoms with E-state index in [9.17, 15) is 19.2 Å². The summed E-state index contributed by atoms with van der Waals surface area (Å²) in [5.41, 5.74) is 8.31. The van der Waals surface area contributed by atoms with Crippen LogP contribution in [0.1, 0.15) is 47.3 Å². The molecule has 22 heteroatoms. The van der Waals surface area contributed by atoms with E-state index in [1.165, 1.54) is 9.13 Å². The number of rotatable bonds is 21. The van der Waals surface area contributed by atoms with Crippen molar-refractivity contribution in [2.24, 2.45) is 0 Å². The topological polar surface area (TPSA) is 253 Å². The smallest absolute Gasteiger partial charge is 0.330 e. The van der Waals surface area contributed by atoms with Gasteiger partial charge in [0.05, 0.1) is 133 Å². The molecule has 0 radical (unpaired) electrons. The van der Waals surface area contributed by atoms with E-state index in [1.54, 1.807) is 54.2 Å². The van der Waals surface area contributed by atoms with Crippen LogP contribution < -0.4 is 31.5 Å². The number of hydrogen-bond donors (Lipinski definition) is 2. The van der Waals surface area contributed by atoms with Crippen LogP contribution in [0.4, 0.5) is 0 Å². The van der Waals surface area contributed by atoms with Gasteiger partial charge >= 0.3 is 11.4 Å². The van der Waals surface area contributed by atoms with E-state index in [1.807, 2.05) is 89.2 Å². The maximum absolute atomic E-state index is 14.4. The molecule has 0 aliphatic carbocycles. The molecule has 1 atom stereocenters. The second-order valence-corrected chi connectivity index (χ2v) is 18.4. The van der Waals surface area contributed by atoms with Gasteiger partial charge in [-0.25, -0.2) is 9.59 Å². The number of carbonyl (C=O) groups is 2. The van der Waals surface area contributed by atoms with Crippen LogP contribution in [0.3, 0.4) is 0 Å². The molecule has 77 heavy (non-hydrogen) atoms. The maximum Gasteiger partial charge on any atom is 0.330 e. The first kappa shape index (κ1) is 51.5. The number of aromatic nitrogens is 10. The van der Waals surface area contributed by atoms with Crippen molar-refractivity contribution in [2.75, 3.05) is 53.7 Å². The van der Waals surface area contributed by atoms with Gasteiger partial charge in [0.15, 0.2) is 0 Å². The largest absolute Gasteiger partial charge is 0.496 e. The lowest BCUT2D eigenvalue weighted by Crippen LogP contribution is -2.35. The van der Waals surface area contributed by atoms with Gasteiger partial charge in [0.25, 0.3) is 0 Å². The van der Waals surface area contributed by atoms with Gasteiger partial charge in [-0.3, -0.25) is 47.8 Å². The number of amides is 2. The summed E-state index contributed by atoms with van der Waals surface area (Å²) in [4.78, 5) is 73.9. The molecular weight excluding hydrogens is 989 g/mol. The van der Waals surface area contributed by atoms with Crippen LogP contribution in [0.15, 0.2) is 104 Å². The third-order valence-corrected chi connectivity index (χ3v) is 13.5. The number of carbonyl (C=O) groups excluding carboxylic acids is 2. The zero-order valence-corrected chi connectivity index (χ0v) is 43.6. The summed E-state index contributed by atoms with van der Waals surface area (Å²) in [6.45, 7) is 10.0. The molecular formula is C55H56N12O10. The summed E-state index contributed by atoms with van der Waals surface area (Å²) < 4.78 is 40.1. The molecule has 0 spiro atoms. The van der Waals surface area contributed by atoms with Crippen molar-refractivity contribution in [1.29, 1.82) is 0 Å². The number of methoxy groups -OCH3 is 2. The number of aryl methyl sites for hydroxylation is 4. The van der Waals surface area contributed by atoms with Crippen molar-refractivity contribution in [2.45, 2.75) is 60.3 Å². The third-order valence-electron chi connectivity index (χ3n) is 13.5. The van der Waals surface area contributed by atoms with Crippen LogP contribution in [0.25, 0.3) is 66.1 Å². The second-order valence-electron chi connectivity index (χ2n) is 18.4. The Kier molecular flexibility index (Phi) is 14.7. The summed E-state index contributed by atoms with van der Waals surface area (Å²) in [6, 6.07) is 18.0. The molecule has 22 nitrogen and oxygen atoms in total. The molecule has 2 aromatic carbocycles. The molecule has 396 valence electrons. The SMILES string of the molecule is COc1cc2c(cc1-c1c(C)noc1C)ncc1c2n(Cc2ccccn2)c(=O)n1CC(=O)NCCOCCOCCNC(=O)Cn1c(=O)n(C(C)c2ccccn2)c2c3cc(OC)c(-c4c(C)noc4C)cc3ncc21. The highest BCUT2D eigenvalue weighted by atomic mass is 16.5. The van der Waals surface area contributed by atoms with E-state index >= 15 is 0 Å². The molecule has 0 aliphatic rings. The van der Waals surface area contributed by atoms with Crippen LogP contribution in [-0.4, -0.2) is 114 Å². The van der Waals surface area contributed by atoms with Gasteiger partial charge in [-0.15, -0.1) is 0 Å². The number of hydrogen-bond acceptors (Lipinski definition) is 16. The fourth-order valence-electron chi connectivity index (χ4n) is 9.92. The lowest BCUT2D eigenvalue weighted by atomic mass is 10.00. The number of benzene rings is 2. The Hall–Kier alpha value is -9.02. The third kappa shape index (κ3) is 10.0. The summed E-state index contributed by atoms with van der Waals surface area (Å²) in [5, 5.41) is 15.2. The van der Waals surface area contributed by atoms with Crippen molar-refractivity contribution < 1.29 is 37.6 Å². The highest BCUT2D eigenvalue weighted by Gasteiger charge is 2.27. The summed E-state index contributed by atoms with van der Waals surface area (Å²) in [6.07, 6.45) is 6.54. The standard InChI is InChI=1S/C55H56N12O10/c1-31-50(34(4)76-62-31)39-22-42-37(24-46(39)72-6)52-44(26-60-42)64(54(70)66(52)28-36-12-8-10-14-56-36)29-48(68)58-16-18-74-20-21-75-19-17-59-49(69)30-65-45-27-61-43-23-40(51-32(2)63-77-35(51)5)47(73-7)25-38(43)53(45)67(55(65)71)33(3)41-13-9-11-15-57-41/h8-15,22-27,33H,16-21,28-30H2,1-7H3,(H,58,68)(H,59,69). The molecule has 2 amide bonds. The number of nitrogens with zero attached hydrogens (tertiary/aromatic N) is 10. The number of imidazole rings is 2. The highest BCUT2D eigenvalue weighted by Crippen LogP contribution is 2.41. The quantitative estimate of drug-likeness (QED) is 0.0784. The maximum atomic E-state index is 14.4. The minimum atomic E-state index is -0.503. The highest BCUT2D eigenvalue weighted by molar-refractivity contribution is 6.06. The average molecular weight is 1050 g/mol. The number of nitrogens with one attached hydrogen (secondary N) is 2. The van der Waals surface area contributed by atoms with Gasteiger partial charge in [0, 0.05) is 47.4 Å². The van der Waals surface area contributed by atoms with Crippen LogP contribution in [-0.2, 0) is 38.7 Å². The van der Waals surface area contributed by atoms with E-state index in [-0.39, 0.29) is 59.2 Å². The summed E-state index contributed by atoms with van der Waals surface area (Å²) >= 11 is 0. The van der Waals surface area contributed by atoms with Gasteiger partial charge in [-0.2, -0.15) is 0 Å². The van der Waals surface area contributed by atoms with Gasteiger partial charge in [0.2, 0.25) is 11.8 Å². The first-order chi connectivity index (χ1) is 37.4. The zero-order valence-electron chi connectivity index (χ0n) is 43.6.